The molecule has 8 heteroatoms. The minimum absolute atomic E-state index is 0.128. The van der Waals surface area contributed by atoms with Gasteiger partial charge in [-0.15, -0.1) is 0 Å². The van der Waals surface area contributed by atoms with Gasteiger partial charge in [0.05, 0.1) is 24.9 Å². The maximum absolute atomic E-state index is 12.6. The summed E-state index contributed by atoms with van der Waals surface area (Å²) < 4.78 is 48.3. The first-order chi connectivity index (χ1) is 9.41. The lowest BCUT2D eigenvalue weighted by Gasteiger charge is -2.33. The van der Waals surface area contributed by atoms with E-state index in [1.807, 2.05) is 4.90 Å². The minimum Gasteiger partial charge on any atom is -0.382 e. The van der Waals surface area contributed by atoms with Crippen LogP contribution in [-0.4, -0.2) is 44.5 Å². The summed E-state index contributed by atoms with van der Waals surface area (Å²) >= 11 is 5.62. The maximum Gasteiger partial charge on any atom is 0.419 e. The summed E-state index contributed by atoms with van der Waals surface area (Å²) in [5, 5.41) is -0.537. The summed E-state index contributed by atoms with van der Waals surface area (Å²) in [6.45, 7) is 1.94. The lowest BCUT2D eigenvalue weighted by molar-refractivity contribution is -0.137. The van der Waals surface area contributed by atoms with Gasteiger partial charge in [0, 0.05) is 20.2 Å². The smallest absolute Gasteiger partial charge is 0.382 e. The average molecular weight is 311 g/mol. The Kier molecular flexibility index (Phi) is 4.72. The van der Waals surface area contributed by atoms with Crippen molar-refractivity contribution in [3.8, 4) is 0 Å². The predicted octanol–water partition coefficient (Wildman–Crippen LogP) is 2.61. The first kappa shape index (κ1) is 15.3. The van der Waals surface area contributed by atoms with E-state index in [0.717, 1.165) is 6.07 Å². The molecule has 2 heterocycles. The Labute approximate surface area is 119 Å². The van der Waals surface area contributed by atoms with Gasteiger partial charge in [0.1, 0.15) is 11.0 Å². The third-order valence-electron chi connectivity index (χ3n) is 2.95. The van der Waals surface area contributed by atoms with Gasteiger partial charge in [-0.2, -0.15) is 13.2 Å². The standard InChI is InChI=1S/C12H14ClF3N2O2/c1-19-7-8-6-18(4-5-20-8)10-3-2-9(11(13)17-10)12(14,15)16/h2-3,8H,4-7H2,1H3. The summed E-state index contributed by atoms with van der Waals surface area (Å²) in [6, 6.07) is 2.27. The lowest BCUT2D eigenvalue weighted by Crippen LogP contribution is -2.44. The van der Waals surface area contributed by atoms with E-state index in [4.69, 9.17) is 21.1 Å². The summed E-state index contributed by atoms with van der Waals surface area (Å²) in [6.07, 6.45) is -4.62. The van der Waals surface area contributed by atoms with Gasteiger partial charge in [-0.3, -0.25) is 0 Å². The molecule has 0 bridgehead atoms. The second-order valence-electron chi connectivity index (χ2n) is 4.40. The normalized spacial score (nSPS) is 20.2. The van der Waals surface area contributed by atoms with Crippen LogP contribution in [0.2, 0.25) is 5.15 Å². The summed E-state index contributed by atoms with van der Waals surface area (Å²) in [5.41, 5.74) is -0.926. The highest BCUT2D eigenvalue weighted by Crippen LogP contribution is 2.34. The molecule has 0 spiro atoms. The van der Waals surface area contributed by atoms with Crippen molar-refractivity contribution in [3.63, 3.8) is 0 Å². The molecule has 20 heavy (non-hydrogen) atoms. The molecule has 0 amide bonds. The van der Waals surface area contributed by atoms with Gasteiger partial charge < -0.3 is 14.4 Å². The van der Waals surface area contributed by atoms with Crippen molar-refractivity contribution in [1.82, 2.24) is 4.98 Å². The summed E-state index contributed by atoms with van der Waals surface area (Å²) in [5.74, 6) is 0.410. The second kappa shape index (κ2) is 6.15. The maximum atomic E-state index is 12.6. The fourth-order valence-electron chi connectivity index (χ4n) is 2.03. The van der Waals surface area contributed by atoms with Gasteiger partial charge in [0.25, 0.3) is 0 Å². The highest BCUT2D eigenvalue weighted by atomic mass is 35.5. The zero-order chi connectivity index (χ0) is 14.8. The molecule has 1 fully saturated rings. The molecule has 0 aliphatic carbocycles. The van der Waals surface area contributed by atoms with Gasteiger partial charge in [-0.25, -0.2) is 4.98 Å². The van der Waals surface area contributed by atoms with E-state index in [0.29, 0.717) is 32.1 Å². The Morgan fingerprint density at radius 3 is 2.85 bits per heavy atom. The molecule has 1 saturated heterocycles. The highest BCUT2D eigenvalue weighted by Gasteiger charge is 2.34. The molecule has 1 aliphatic rings. The fourth-order valence-corrected chi connectivity index (χ4v) is 2.28. The van der Waals surface area contributed by atoms with Gasteiger partial charge in [-0.05, 0) is 12.1 Å². The summed E-state index contributed by atoms with van der Waals surface area (Å²) in [7, 11) is 1.57. The molecule has 1 aromatic heterocycles. The zero-order valence-electron chi connectivity index (χ0n) is 10.8. The molecule has 1 aromatic rings. The Morgan fingerprint density at radius 1 is 1.50 bits per heavy atom. The van der Waals surface area contributed by atoms with E-state index >= 15 is 0 Å². The van der Waals surface area contributed by atoms with Crippen LogP contribution in [0.3, 0.4) is 0 Å². The van der Waals surface area contributed by atoms with Crippen LogP contribution in [0.15, 0.2) is 12.1 Å². The number of morpholine rings is 1. The highest BCUT2D eigenvalue weighted by molar-refractivity contribution is 6.30. The molecule has 4 nitrogen and oxygen atoms in total. The van der Waals surface area contributed by atoms with Crippen molar-refractivity contribution in [1.29, 1.82) is 0 Å². The van der Waals surface area contributed by atoms with E-state index in [9.17, 15) is 13.2 Å². The quantitative estimate of drug-likeness (QED) is 0.804. The minimum atomic E-state index is -4.49. The van der Waals surface area contributed by atoms with Crippen molar-refractivity contribution < 1.29 is 22.6 Å². The third kappa shape index (κ3) is 3.53. The number of hydrogen-bond acceptors (Lipinski definition) is 4. The Bertz CT molecular complexity index is 469. The van der Waals surface area contributed by atoms with Crippen LogP contribution < -0.4 is 4.90 Å². The number of ether oxygens (including phenoxy) is 2. The first-order valence-electron chi connectivity index (χ1n) is 6.01. The van der Waals surface area contributed by atoms with Gasteiger partial charge in [0.15, 0.2) is 0 Å². The van der Waals surface area contributed by atoms with Crippen molar-refractivity contribution >= 4 is 17.4 Å². The number of alkyl halides is 3. The topological polar surface area (TPSA) is 34.6 Å². The first-order valence-corrected chi connectivity index (χ1v) is 6.39. The fraction of sp³-hybridized carbons (Fsp3) is 0.583. The molecule has 2 rings (SSSR count). The summed E-state index contributed by atoms with van der Waals surface area (Å²) in [4.78, 5) is 5.67. The molecule has 1 atom stereocenters. The van der Waals surface area contributed by atoms with Crippen LogP contribution >= 0.6 is 11.6 Å². The van der Waals surface area contributed by atoms with E-state index < -0.39 is 16.9 Å². The van der Waals surface area contributed by atoms with Crippen LogP contribution in [0.25, 0.3) is 0 Å². The zero-order valence-corrected chi connectivity index (χ0v) is 11.5. The Hall–Kier alpha value is -1.05. The Morgan fingerprint density at radius 2 is 2.25 bits per heavy atom. The van der Waals surface area contributed by atoms with Gasteiger partial charge >= 0.3 is 6.18 Å². The van der Waals surface area contributed by atoms with Crippen molar-refractivity contribution in [3.05, 3.63) is 22.8 Å². The van der Waals surface area contributed by atoms with Crippen LogP contribution in [0.1, 0.15) is 5.56 Å². The van der Waals surface area contributed by atoms with Crippen molar-refractivity contribution in [2.24, 2.45) is 0 Å². The van der Waals surface area contributed by atoms with E-state index in [1.165, 1.54) is 6.07 Å². The third-order valence-corrected chi connectivity index (χ3v) is 3.24. The van der Waals surface area contributed by atoms with Gasteiger partial charge in [-0.1, -0.05) is 11.6 Å². The Balaban J connectivity index is 2.15. The predicted molar refractivity (Wildman–Crippen MR) is 68.1 cm³/mol. The van der Waals surface area contributed by atoms with Crippen LogP contribution in [0.4, 0.5) is 19.0 Å². The molecule has 112 valence electrons. The van der Waals surface area contributed by atoms with Gasteiger partial charge in [0.2, 0.25) is 0 Å². The van der Waals surface area contributed by atoms with Crippen LogP contribution in [-0.2, 0) is 15.7 Å². The number of rotatable bonds is 3. The molecule has 0 saturated carbocycles. The number of methoxy groups -OCH3 is 1. The van der Waals surface area contributed by atoms with E-state index in [2.05, 4.69) is 4.98 Å². The van der Waals surface area contributed by atoms with Crippen molar-refractivity contribution in [2.45, 2.75) is 12.3 Å². The average Bonchev–Trinajstić information content (AvgIpc) is 2.38. The second-order valence-corrected chi connectivity index (χ2v) is 4.76. The number of hydrogen-bond donors (Lipinski definition) is 0. The largest absolute Gasteiger partial charge is 0.419 e. The molecule has 0 radical (unpaired) electrons. The molecule has 0 N–H and O–H groups in total. The number of pyridine rings is 1. The SMILES string of the molecule is COCC1CN(c2ccc(C(F)(F)F)c(Cl)n2)CCO1. The number of nitrogens with zero attached hydrogens (tertiary/aromatic N) is 2. The lowest BCUT2D eigenvalue weighted by atomic mass is 10.2. The molecule has 0 aromatic carbocycles. The van der Waals surface area contributed by atoms with Crippen LogP contribution in [0.5, 0.6) is 0 Å². The monoisotopic (exact) mass is 310 g/mol. The molecular formula is C12H14ClF3N2O2. The molecule has 1 unspecified atom stereocenters. The number of anilines is 1. The number of aromatic nitrogens is 1. The molecular weight excluding hydrogens is 297 g/mol. The van der Waals surface area contributed by atoms with Crippen LogP contribution in [0, 0.1) is 0 Å². The molecule has 1 aliphatic heterocycles. The number of halogens is 4. The van der Waals surface area contributed by atoms with Crippen molar-refractivity contribution in [2.75, 3.05) is 38.3 Å². The van der Waals surface area contributed by atoms with E-state index in [-0.39, 0.29) is 6.10 Å². The van der Waals surface area contributed by atoms with E-state index in [1.54, 1.807) is 7.11 Å².